The Labute approximate surface area is 239 Å². The lowest BCUT2D eigenvalue weighted by atomic mass is 10.0. The molecule has 0 saturated heterocycles. The van der Waals surface area contributed by atoms with Crippen LogP contribution >= 0.6 is 11.3 Å². The summed E-state index contributed by atoms with van der Waals surface area (Å²) in [5.74, 6) is 0. The molecule has 3 heterocycles. The van der Waals surface area contributed by atoms with E-state index in [1.165, 1.54) is 27.4 Å². The average Bonchev–Trinajstić information content (AvgIpc) is 3.73. The zero-order chi connectivity index (χ0) is 26.9. The molecule has 0 unspecified atom stereocenters. The fourth-order valence-electron chi connectivity index (χ4n) is 6.13. The highest BCUT2D eigenvalue weighted by Gasteiger charge is 2.16. The third-order valence-electron chi connectivity index (χ3n) is 8.05. The fraction of sp³-hybridized carbons (Fsp3) is 0. The highest BCUT2D eigenvalue weighted by molar-refractivity contribution is 7.22. The number of fused-ring (bicyclic) bond motifs is 8. The Bertz CT molecular complexity index is 2360. The Morgan fingerprint density at radius 1 is 0.537 bits per heavy atom. The molecule has 0 radical (unpaired) electrons. The summed E-state index contributed by atoms with van der Waals surface area (Å²) in [6.45, 7) is 0. The van der Waals surface area contributed by atoms with Crippen LogP contribution in [0.1, 0.15) is 0 Å². The Kier molecular flexibility index (Phi) is 4.77. The van der Waals surface area contributed by atoms with Crippen LogP contribution in [-0.4, -0.2) is 9.55 Å². The number of nitrogens with zero attached hydrogens (tertiary/aromatic N) is 2. The number of benzene rings is 6. The smallest absolute Gasteiger partial charge is 0.137 e. The van der Waals surface area contributed by atoms with Crippen molar-refractivity contribution in [2.75, 3.05) is 0 Å². The van der Waals surface area contributed by atoms with Crippen LogP contribution in [0, 0.1) is 0 Å². The molecule has 3 aromatic heterocycles. The predicted octanol–water partition coefficient (Wildman–Crippen LogP) is 10.6. The van der Waals surface area contributed by atoms with Crippen LogP contribution in [-0.2, 0) is 0 Å². The molecule has 0 amide bonds. The molecule has 0 saturated carbocycles. The van der Waals surface area contributed by atoms with Gasteiger partial charge in [-0.15, -0.1) is 11.3 Å². The van der Waals surface area contributed by atoms with E-state index in [4.69, 9.17) is 9.40 Å². The summed E-state index contributed by atoms with van der Waals surface area (Å²) in [7, 11) is 0. The van der Waals surface area contributed by atoms with E-state index in [1.807, 2.05) is 6.07 Å². The molecule has 41 heavy (non-hydrogen) atoms. The molecule has 9 rings (SSSR count). The lowest BCUT2D eigenvalue weighted by Gasteiger charge is -2.08. The summed E-state index contributed by atoms with van der Waals surface area (Å²) in [5.41, 5.74) is 9.82. The number of aromatic nitrogens is 2. The van der Waals surface area contributed by atoms with Crippen molar-refractivity contribution < 1.29 is 4.42 Å². The maximum Gasteiger partial charge on any atom is 0.137 e. The molecular weight excluding hydrogens is 520 g/mol. The molecule has 0 aliphatic heterocycles. The maximum atomic E-state index is 6.34. The van der Waals surface area contributed by atoms with Crippen molar-refractivity contribution in [3.05, 3.63) is 133 Å². The first-order valence-electron chi connectivity index (χ1n) is 13.7. The highest BCUT2D eigenvalue weighted by Crippen LogP contribution is 2.41. The molecule has 4 heteroatoms. The third-order valence-corrected chi connectivity index (χ3v) is 9.19. The van der Waals surface area contributed by atoms with E-state index in [0.29, 0.717) is 0 Å². The Morgan fingerprint density at radius 2 is 1.22 bits per heavy atom. The number of furan rings is 1. The van der Waals surface area contributed by atoms with E-state index >= 15 is 0 Å². The van der Waals surface area contributed by atoms with Crippen LogP contribution < -0.4 is 0 Å². The van der Waals surface area contributed by atoms with Crippen molar-refractivity contribution in [1.29, 1.82) is 0 Å². The third kappa shape index (κ3) is 3.41. The molecule has 0 bridgehead atoms. The first-order valence-corrected chi connectivity index (χ1v) is 14.5. The molecular formula is C37H22N2OS. The van der Waals surface area contributed by atoms with Gasteiger partial charge in [0.05, 0.1) is 21.3 Å². The quantitative estimate of drug-likeness (QED) is 0.222. The van der Waals surface area contributed by atoms with Crippen LogP contribution in [0.25, 0.3) is 81.3 Å². The lowest BCUT2D eigenvalue weighted by Crippen LogP contribution is -1.93. The first-order chi connectivity index (χ1) is 20.3. The van der Waals surface area contributed by atoms with Crippen LogP contribution in [0.5, 0.6) is 0 Å². The summed E-state index contributed by atoms with van der Waals surface area (Å²) in [6, 6.07) is 47.1. The van der Waals surface area contributed by atoms with Crippen molar-refractivity contribution in [3.63, 3.8) is 0 Å². The average molecular weight is 543 g/mol. The molecule has 9 aromatic rings. The van der Waals surface area contributed by atoms with Crippen molar-refractivity contribution in [2.24, 2.45) is 0 Å². The van der Waals surface area contributed by atoms with Gasteiger partial charge in [-0.2, -0.15) is 0 Å². The van der Waals surface area contributed by atoms with Crippen molar-refractivity contribution in [2.45, 2.75) is 0 Å². The van der Waals surface area contributed by atoms with Crippen LogP contribution in [0.3, 0.4) is 0 Å². The largest absolute Gasteiger partial charge is 0.456 e. The number of hydrogen-bond acceptors (Lipinski definition) is 3. The van der Waals surface area contributed by atoms with E-state index in [9.17, 15) is 0 Å². The maximum absolute atomic E-state index is 6.34. The molecule has 0 aliphatic carbocycles. The second-order valence-electron chi connectivity index (χ2n) is 10.4. The molecule has 0 N–H and O–H groups in total. The Balaban J connectivity index is 1.15. The standard InChI is InChI=1S/C37H22N2OS/c1-2-8-23(9-3-1)25-16-19-29-34(22-25)40-33-21-20-30-36(35(29)33)41-37(38-30)24-14-17-26(18-15-24)39-31-12-6-4-10-27(31)28-11-5-7-13-32(28)39/h1-22H. The SMILES string of the molecule is c1ccc(-c2ccc3c(c2)oc2ccc4nc(-c5ccc(-n6c7ccccc7c7ccccc76)cc5)sc4c23)cc1. The van der Waals surface area contributed by atoms with Gasteiger partial charge in [0.25, 0.3) is 0 Å². The number of para-hydroxylation sites is 2. The summed E-state index contributed by atoms with van der Waals surface area (Å²) < 4.78 is 9.85. The van der Waals surface area contributed by atoms with Gasteiger partial charge < -0.3 is 8.98 Å². The Morgan fingerprint density at radius 3 is 1.98 bits per heavy atom. The summed E-state index contributed by atoms with van der Waals surface area (Å²) in [6.07, 6.45) is 0. The van der Waals surface area contributed by atoms with E-state index in [-0.39, 0.29) is 0 Å². The lowest BCUT2D eigenvalue weighted by molar-refractivity contribution is 0.669. The van der Waals surface area contributed by atoms with Crippen molar-refractivity contribution >= 4 is 65.3 Å². The van der Waals surface area contributed by atoms with Gasteiger partial charge in [0.2, 0.25) is 0 Å². The van der Waals surface area contributed by atoms with E-state index in [2.05, 4.69) is 132 Å². The molecule has 0 atom stereocenters. The monoisotopic (exact) mass is 542 g/mol. The highest BCUT2D eigenvalue weighted by atomic mass is 32.1. The fourth-order valence-corrected chi connectivity index (χ4v) is 7.26. The van der Waals surface area contributed by atoms with E-state index in [0.717, 1.165) is 54.0 Å². The van der Waals surface area contributed by atoms with Gasteiger partial charge in [-0.1, -0.05) is 72.8 Å². The van der Waals surface area contributed by atoms with Gasteiger partial charge >= 0.3 is 0 Å². The second kappa shape index (κ2) is 8.65. The summed E-state index contributed by atoms with van der Waals surface area (Å²) >= 11 is 1.73. The van der Waals surface area contributed by atoms with Gasteiger partial charge in [0, 0.05) is 32.8 Å². The summed E-state index contributed by atoms with van der Waals surface area (Å²) in [4.78, 5) is 5.05. The molecule has 0 aliphatic rings. The van der Waals surface area contributed by atoms with Crippen molar-refractivity contribution in [3.8, 4) is 27.4 Å². The van der Waals surface area contributed by atoms with Crippen LogP contribution in [0.4, 0.5) is 0 Å². The van der Waals surface area contributed by atoms with Gasteiger partial charge in [0.15, 0.2) is 0 Å². The van der Waals surface area contributed by atoms with Gasteiger partial charge in [-0.05, 0) is 71.8 Å². The van der Waals surface area contributed by atoms with Crippen molar-refractivity contribution in [1.82, 2.24) is 9.55 Å². The Hall–Kier alpha value is -5.19. The van der Waals surface area contributed by atoms with Gasteiger partial charge in [-0.25, -0.2) is 4.98 Å². The van der Waals surface area contributed by atoms with Crippen LogP contribution in [0.2, 0.25) is 0 Å². The predicted molar refractivity (Wildman–Crippen MR) is 172 cm³/mol. The molecule has 192 valence electrons. The molecule has 0 fully saturated rings. The minimum atomic E-state index is 0.898. The zero-order valence-corrected chi connectivity index (χ0v) is 22.7. The van der Waals surface area contributed by atoms with Crippen LogP contribution in [0.15, 0.2) is 138 Å². The summed E-state index contributed by atoms with van der Waals surface area (Å²) in [5, 5.41) is 5.82. The first kappa shape index (κ1) is 22.6. The molecule has 0 spiro atoms. The van der Waals surface area contributed by atoms with E-state index in [1.54, 1.807) is 11.3 Å². The normalized spacial score (nSPS) is 11.9. The topological polar surface area (TPSA) is 31.0 Å². The number of rotatable bonds is 3. The van der Waals surface area contributed by atoms with Gasteiger partial charge in [0.1, 0.15) is 16.2 Å². The second-order valence-corrected chi connectivity index (χ2v) is 11.4. The zero-order valence-electron chi connectivity index (χ0n) is 21.9. The minimum absolute atomic E-state index is 0.898. The van der Waals surface area contributed by atoms with Gasteiger partial charge in [-0.3, -0.25) is 0 Å². The minimum Gasteiger partial charge on any atom is -0.456 e. The van der Waals surface area contributed by atoms with E-state index < -0.39 is 0 Å². The number of hydrogen-bond donors (Lipinski definition) is 0. The number of thiazole rings is 1. The molecule has 3 nitrogen and oxygen atoms in total. The molecule has 6 aromatic carbocycles.